The third kappa shape index (κ3) is 4.81. The Bertz CT molecular complexity index is 581. The maximum absolute atomic E-state index is 11.8. The van der Waals surface area contributed by atoms with Gasteiger partial charge in [0, 0.05) is 6.54 Å². The molecule has 0 saturated carbocycles. The number of amides is 1. The van der Waals surface area contributed by atoms with Crippen LogP contribution in [-0.4, -0.2) is 26.2 Å². The Kier molecular flexibility index (Phi) is 5.83. The molecule has 0 aliphatic carbocycles. The third-order valence-electron chi connectivity index (χ3n) is 3.40. The summed E-state index contributed by atoms with van der Waals surface area (Å²) in [5.74, 6) is 1.55. The predicted molar refractivity (Wildman–Crippen MR) is 86.4 cm³/mol. The molecule has 2 aromatic carbocycles. The van der Waals surface area contributed by atoms with E-state index < -0.39 is 0 Å². The van der Waals surface area contributed by atoms with E-state index in [0.717, 1.165) is 5.75 Å². The van der Waals surface area contributed by atoms with Crippen molar-refractivity contribution in [3.05, 3.63) is 60.2 Å². The fourth-order valence-corrected chi connectivity index (χ4v) is 2.04. The highest BCUT2D eigenvalue weighted by Gasteiger charge is 2.08. The molecule has 0 fully saturated rings. The van der Waals surface area contributed by atoms with E-state index in [1.165, 1.54) is 5.56 Å². The van der Waals surface area contributed by atoms with Crippen LogP contribution in [0.15, 0.2) is 54.6 Å². The molecule has 0 radical (unpaired) electrons. The van der Waals surface area contributed by atoms with Gasteiger partial charge in [0.05, 0.1) is 7.11 Å². The summed E-state index contributed by atoms with van der Waals surface area (Å²) in [6, 6.07) is 17.3. The van der Waals surface area contributed by atoms with Crippen LogP contribution >= 0.6 is 0 Å². The Balaban J connectivity index is 1.73. The van der Waals surface area contributed by atoms with Gasteiger partial charge in [-0.2, -0.15) is 0 Å². The van der Waals surface area contributed by atoms with Crippen LogP contribution in [0.2, 0.25) is 0 Å². The van der Waals surface area contributed by atoms with Gasteiger partial charge in [-0.15, -0.1) is 0 Å². The molecule has 1 amide bonds. The summed E-state index contributed by atoms with van der Waals surface area (Å²) >= 11 is 0. The first-order valence-corrected chi connectivity index (χ1v) is 7.27. The fourth-order valence-electron chi connectivity index (χ4n) is 2.04. The average molecular weight is 299 g/mol. The van der Waals surface area contributed by atoms with Gasteiger partial charge in [0.2, 0.25) is 0 Å². The van der Waals surface area contributed by atoms with Gasteiger partial charge in [-0.3, -0.25) is 4.79 Å². The summed E-state index contributed by atoms with van der Waals surface area (Å²) in [5, 5.41) is 2.89. The van der Waals surface area contributed by atoms with Gasteiger partial charge in [0.15, 0.2) is 6.61 Å². The number of rotatable bonds is 7. The summed E-state index contributed by atoms with van der Waals surface area (Å²) in [4.78, 5) is 11.8. The van der Waals surface area contributed by atoms with Crippen molar-refractivity contribution in [3.8, 4) is 11.5 Å². The lowest BCUT2D eigenvalue weighted by molar-refractivity contribution is -0.123. The zero-order valence-electron chi connectivity index (χ0n) is 12.9. The molecule has 0 spiro atoms. The lowest BCUT2D eigenvalue weighted by Gasteiger charge is -2.13. The van der Waals surface area contributed by atoms with Gasteiger partial charge in [-0.1, -0.05) is 37.3 Å². The molecule has 0 aromatic heterocycles. The first-order chi connectivity index (χ1) is 10.7. The van der Waals surface area contributed by atoms with Crippen LogP contribution in [0.1, 0.15) is 18.4 Å². The van der Waals surface area contributed by atoms with Gasteiger partial charge in [-0.25, -0.2) is 0 Å². The lowest BCUT2D eigenvalue weighted by atomic mass is 10.0. The molecule has 2 rings (SSSR count). The SMILES string of the molecule is COc1ccc(OCC(=O)NC[C@@H](C)c2ccccc2)cc1. The Hall–Kier alpha value is -2.49. The van der Waals surface area contributed by atoms with Crippen molar-refractivity contribution in [2.75, 3.05) is 20.3 Å². The molecule has 2 aromatic rings. The Morgan fingerprint density at radius 3 is 2.32 bits per heavy atom. The van der Waals surface area contributed by atoms with Crippen LogP contribution in [0.4, 0.5) is 0 Å². The van der Waals surface area contributed by atoms with Gasteiger partial charge in [0.1, 0.15) is 11.5 Å². The first-order valence-electron chi connectivity index (χ1n) is 7.27. The van der Waals surface area contributed by atoms with Crippen LogP contribution in [0.25, 0.3) is 0 Å². The van der Waals surface area contributed by atoms with Crippen LogP contribution < -0.4 is 14.8 Å². The summed E-state index contributed by atoms with van der Waals surface area (Å²) in [5.41, 5.74) is 1.21. The molecule has 0 saturated heterocycles. The molecule has 4 nitrogen and oxygen atoms in total. The minimum absolute atomic E-state index is 0.00778. The van der Waals surface area contributed by atoms with Crippen molar-refractivity contribution in [3.63, 3.8) is 0 Å². The van der Waals surface area contributed by atoms with Gasteiger partial charge >= 0.3 is 0 Å². The van der Waals surface area contributed by atoms with Crippen LogP contribution in [0.3, 0.4) is 0 Å². The molecule has 1 atom stereocenters. The molecule has 0 unspecified atom stereocenters. The molecule has 1 N–H and O–H groups in total. The van der Waals surface area contributed by atoms with Crippen molar-refractivity contribution in [2.24, 2.45) is 0 Å². The molecular weight excluding hydrogens is 278 g/mol. The van der Waals surface area contributed by atoms with Gasteiger partial charge in [-0.05, 0) is 35.7 Å². The predicted octanol–water partition coefficient (Wildman–Crippen LogP) is 2.99. The molecule has 0 aliphatic heterocycles. The van der Waals surface area contributed by atoms with Crippen molar-refractivity contribution < 1.29 is 14.3 Å². The first kappa shape index (κ1) is 15.9. The number of benzene rings is 2. The second kappa shape index (κ2) is 8.08. The highest BCUT2D eigenvalue weighted by atomic mass is 16.5. The van der Waals surface area contributed by atoms with E-state index in [0.29, 0.717) is 12.3 Å². The number of hydrogen-bond acceptors (Lipinski definition) is 3. The van der Waals surface area contributed by atoms with E-state index in [4.69, 9.17) is 9.47 Å². The van der Waals surface area contributed by atoms with Gasteiger partial charge < -0.3 is 14.8 Å². The zero-order chi connectivity index (χ0) is 15.8. The summed E-state index contributed by atoms with van der Waals surface area (Å²) in [7, 11) is 1.61. The number of hydrogen-bond donors (Lipinski definition) is 1. The lowest BCUT2D eigenvalue weighted by Crippen LogP contribution is -2.31. The molecule has 22 heavy (non-hydrogen) atoms. The van der Waals surface area contributed by atoms with Crippen molar-refractivity contribution in [1.82, 2.24) is 5.32 Å². The topological polar surface area (TPSA) is 47.6 Å². The second-order valence-electron chi connectivity index (χ2n) is 5.08. The number of carbonyl (C=O) groups excluding carboxylic acids is 1. The molecule has 116 valence electrons. The monoisotopic (exact) mass is 299 g/mol. The summed E-state index contributed by atoms with van der Waals surface area (Å²) < 4.78 is 10.5. The highest BCUT2D eigenvalue weighted by molar-refractivity contribution is 5.77. The minimum atomic E-state index is -0.126. The van der Waals surface area contributed by atoms with Gasteiger partial charge in [0.25, 0.3) is 5.91 Å². The highest BCUT2D eigenvalue weighted by Crippen LogP contribution is 2.17. The minimum Gasteiger partial charge on any atom is -0.497 e. The maximum atomic E-state index is 11.8. The summed E-state index contributed by atoms with van der Waals surface area (Å²) in [6.45, 7) is 2.68. The van der Waals surface area contributed by atoms with Crippen molar-refractivity contribution in [2.45, 2.75) is 12.8 Å². The second-order valence-corrected chi connectivity index (χ2v) is 5.08. The molecule has 4 heteroatoms. The Labute approximate surface area is 131 Å². The fraction of sp³-hybridized carbons (Fsp3) is 0.278. The normalized spacial score (nSPS) is 11.5. The number of carbonyl (C=O) groups is 1. The van der Waals surface area contributed by atoms with Crippen LogP contribution in [0.5, 0.6) is 11.5 Å². The average Bonchev–Trinajstić information content (AvgIpc) is 2.59. The standard InChI is InChI=1S/C18H21NO3/c1-14(15-6-4-3-5-7-15)12-19-18(20)13-22-17-10-8-16(21-2)9-11-17/h3-11,14H,12-13H2,1-2H3,(H,19,20)/t14-/m1/s1. The Morgan fingerprint density at radius 2 is 1.68 bits per heavy atom. The number of ether oxygens (including phenoxy) is 2. The quantitative estimate of drug-likeness (QED) is 0.855. The molecule has 0 heterocycles. The van der Waals surface area contributed by atoms with Crippen LogP contribution in [0, 0.1) is 0 Å². The smallest absolute Gasteiger partial charge is 0.257 e. The van der Waals surface area contributed by atoms with Crippen LogP contribution in [-0.2, 0) is 4.79 Å². The van der Waals surface area contributed by atoms with Crippen molar-refractivity contribution >= 4 is 5.91 Å². The largest absolute Gasteiger partial charge is 0.497 e. The molecule has 0 aliphatic rings. The third-order valence-corrected chi connectivity index (χ3v) is 3.40. The molecule has 0 bridgehead atoms. The number of nitrogens with one attached hydrogen (secondary N) is 1. The van der Waals surface area contributed by atoms with E-state index in [1.807, 2.05) is 18.2 Å². The van der Waals surface area contributed by atoms with E-state index in [2.05, 4.69) is 24.4 Å². The van der Waals surface area contributed by atoms with E-state index in [-0.39, 0.29) is 18.4 Å². The summed E-state index contributed by atoms with van der Waals surface area (Å²) in [6.07, 6.45) is 0. The Morgan fingerprint density at radius 1 is 1.05 bits per heavy atom. The zero-order valence-corrected chi connectivity index (χ0v) is 12.9. The maximum Gasteiger partial charge on any atom is 0.257 e. The van der Waals surface area contributed by atoms with E-state index >= 15 is 0 Å². The number of methoxy groups -OCH3 is 1. The molecular formula is C18H21NO3. The van der Waals surface area contributed by atoms with E-state index in [1.54, 1.807) is 31.4 Å². The van der Waals surface area contributed by atoms with Crippen molar-refractivity contribution in [1.29, 1.82) is 0 Å². The van der Waals surface area contributed by atoms with E-state index in [9.17, 15) is 4.79 Å².